The van der Waals surface area contributed by atoms with Crippen LogP contribution in [0.4, 0.5) is 5.69 Å². The second kappa shape index (κ2) is 9.98. The number of β-amino-alcohol motifs (C(OH)–C–C–N with tert-alkyl or cyclic N) is 1. The quantitative estimate of drug-likeness (QED) is 0.605. The summed E-state index contributed by atoms with van der Waals surface area (Å²) in [5.74, 6) is 0.777. The van der Waals surface area contributed by atoms with E-state index in [9.17, 15) is 5.11 Å². The summed E-state index contributed by atoms with van der Waals surface area (Å²) in [7, 11) is 0. The molecule has 0 unspecified atom stereocenters. The van der Waals surface area contributed by atoms with Gasteiger partial charge >= 0.3 is 0 Å². The third kappa shape index (κ3) is 5.54. The summed E-state index contributed by atoms with van der Waals surface area (Å²) in [6.07, 6.45) is -0.517. The van der Waals surface area contributed by atoms with Crippen molar-refractivity contribution in [1.82, 2.24) is 4.90 Å². The van der Waals surface area contributed by atoms with E-state index in [0.717, 1.165) is 48.2 Å². The fourth-order valence-electron chi connectivity index (χ4n) is 3.78. The minimum absolute atomic E-state index is 0.291. The molecule has 0 amide bonds. The van der Waals surface area contributed by atoms with Crippen molar-refractivity contribution in [3.05, 3.63) is 83.9 Å². The zero-order valence-corrected chi connectivity index (χ0v) is 17.7. The van der Waals surface area contributed by atoms with Gasteiger partial charge in [-0.25, -0.2) is 0 Å². The van der Waals surface area contributed by atoms with E-state index in [1.807, 2.05) is 60.7 Å². The van der Waals surface area contributed by atoms with Gasteiger partial charge in [-0.05, 0) is 41.5 Å². The molecule has 3 aromatic carbocycles. The maximum atomic E-state index is 10.4. The van der Waals surface area contributed by atoms with Gasteiger partial charge in [-0.15, -0.1) is 0 Å². The van der Waals surface area contributed by atoms with Gasteiger partial charge in [-0.2, -0.15) is 0 Å². The van der Waals surface area contributed by atoms with E-state index in [0.29, 0.717) is 13.2 Å². The molecule has 0 bridgehead atoms. The van der Waals surface area contributed by atoms with Crippen LogP contribution in [0.25, 0.3) is 11.1 Å². The normalized spacial score (nSPS) is 15.7. The van der Waals surface area contributed by atoms with Crippen molar-refractivity contribution in [2.45, 2.75) is 6.10 Å². The predicted octanol–water partition coefficient (Wildman–Crippen LogP) is 4.57. The number of halogens is 1. The number of rotatable bonds is 7. The molecule has 0 aliphatic carbocycles. The van der Waals surface area contributed by atoms with Gasteiger partial charge < -0.3 is 14.7 Å². The van der Waals surface area contributed by atoms with Gasteiger partial charge in [0.15, 0.2) is 0 Å². The summed E-state index contributed by atoms with van der Waals surface area (Å²) in [4.78, 5) is 4.62. The molecule has 0 radical (unpaired) electrons. The van der Waals surface area contributed by atoms with Crippen molar-refractivity contribution in [3.8, 4) is 16.9 Å². The predicted molar refractivity (Wildman–Crippen MR) is 123 cm³/mol. The van der Waals surface area contributed by atoms with E-state index in [4.69, 9.17) is 16.3 Å². The second-order valence-corrected chi connectivity index (χ2v) is 8.06. The minimum atomic E-state index is -0.517. The average molecular weight is 423 g/mol. The van der Waals surface area contributed by atoms with Crippen LogP contribution in [0.3, 0.4) is 0 Å². The van der Waals surface area contributed by atoms with E-state index in [1.165, 1.54) is 5.56 Å². The van der Waals surface area contributed by atoms with Gasteiger partial charge in [-0.3, -0.25) is 4.90 Å². The summed E-state index contributed by atoms with van der Waals surface area (Å²) in [5.41, 5.74) is 3.49. The van der Waals surface area contributed by atoms with Gasteiger partial charge in [0.1, 0.15) is 18.5 Å². The SMILES string of the molecule is O[C@H](COc1ccc(-c2ccccc2)cc1)CN1CCN(c2cccc(Cl)c2)CC1. The van der Waals surface area contributed by atoms with E-state index in [1.54, 1.807) is 0 Å². The van der Waals surface area contributed by atoms with Crippen LogP contribution < -0.4 is 9.64 Å². The zero-order valence-electron chi connectivity index (χ0n) is 17.0. The lowest BCUT2D eigenvalue weighted by Gasteiger charge is -2.36. The maximum Gasteiger partial charge on any atom is 0.119 e. The highest BCUT2D eigenvalue weighted by Crippen LogP contribution is 2.23. The molecule has 1 saturated heterocycles. The lowest BCUT2D eigenvalue weighted by molar-refractivity contribution is 0.0663. The smallest absolute Gasteiger partial charge is 0.119 e. The first-order valence-corrected chi connectivity index (χ1v) is 10.7. The topological polar surface area (TPSA) is 35.9 Å². The molecule has 1 aliphatic heterocycles. The van der Waals surface area contributed by atoms with Crippen molar-refractivity contribution >= 4 is 17.3 Å². The van der Waals surface area contributed by atoms with Crippen molar-refractivity contribution in [1.29, 1.82) is 0 Å². The number of aliphatic hydroxyl groups excluding tert-OH is 1. The molecule has 1 fully saturated rings. The van der Waals surface area contributed by atoms with Crippen LogP contribution in [-0.2, 0) is 0 Å². The molecule has 4 nitrogen and oxygen atoms in total. The van der Waals surface area contributed by atoms with Crippen LogP contribution in [0, 0.1) is 0 Å². The Labute approximate surface area is 183 Å². The Morgan fingerprint density at radius 1 is 0.833 bits per heavy atom. The number of benzene rings is 3. The van der Waals surface area contributed by atoms with Crippen molar-refractivity contribution in [2.24, 2.45) is 0 Å². The molecule has 0 spiro atoms. The summed E-state index contributed by atoms with van der Waals surface area (Å²) >= 11 is 6.10. The van der Waals surface area contributed by atoms with E-state index in [2.05, 4.69) is 28.0 Å². The molecule has 30 heavy (non-hydrogen) atoms. The Balaban J connectivity index is 1.21. The van der Waals surface area contributed by atoms with Gasteiger partial charge in [-0.1, -0.05) is 60.1 Å². The Morgan fingerprint density at radius 3 is 2.23 bits per heavy atom. The number of aliphatic hydroxyl groups is 1. The van der Waals surface area contributed by atoms with Crippen LogP contribution in [0.2, 0.25) is 5.02 Å². The van der Waals surface area contributed by atoms with E-state index < -0.39 is 6.10 Å². The second-order valence-electron chi connectivity index (χ2n) is 7.62. The van der Waals surface area contributed by atoms with Crippen molar-refractivity contribution in [3.63, 3.8) is 0 Å². The molecule has 4 rings (SSSR count). The highest BCUT2D eigenvalue weighted by molar-refractivity contribution is 6.30. The molecule has 0 saturated carbocycles. The van der Waals surface area contributed by atoms with Crippen LogP contribution >= 0.6 is 11.6 Å². The van der Waals surface area contributed by atoms with Gasteiger partial charge in [0, 0.05) is 43.4 Å². The molecule has 3 aromatic rings. The monoisotopic (exact) mass is 422 g/mol. The molecular formula is C25H27ClN2O2. The highest BCUT2D eigenvalue weighted by Gasteiger charge is 2.20. The number of nitrogens with zero attached hydrogens (tertiary/aromatic N) is 2. The van der Waals surface area contributed by atoms with Gasteiger partial charge in [0.25, 0.3) is 0 Å². The molecule has 1 aliphatic rings. The highest BCUT2D eigenvalue weighted by atomic mass is 35.5. The van der Waals surface area contributed by atoms with Gasteiger partial charge in [0.05, 0.1) is 0 Å². The zero-order chi connectivity index (χ0) is 20.8. The molecule has 1 heterocycles. The third-order valence-electron chi connectivity index (χ3n) is 5.42. The van der Waals surface area contributed by atoms with Crippen LogP contribution in [0.1, 0.15) is 0 Å². The van der Waals surface area contributed by atoms with Crippen molar-refractivity contribution in [2.75, 3.05) is 44.2 Å². The average Bonchev–Trinajstić information content (AvgIpc) is 2.79. The molecule has 1 N–H and O–H groups in total. The largest absolute Gasteiger partial charge is 0.491 e. The summed E-state index contributed by atoms with van der Waals surface area (Å²) < 4.78 is 5.80. The molecule has 1 atom stereocenters. The lowest BCUT2D eigenvalue weighted by atomic mass is 10.1. The van der Waals surface area contributed by atoms with Crippen LogP contribution in [0.5, 0.6) is 5.75 Å². The summed E-state index contributed by atoms with van der Waals surface area (Å²) in [6.45, 7) is 4.58. The van der Waals surface area contributed by atoms with Gasteiger partial charge in [0.2, 0.25) is 0 Å². The first kappa shape index (κ1) is 20.7. The lowest BCUT2D eigenvalue weighted by Crippen LogP contribution is -2.49. The number of piperazine rings is 1. The molecule has 156 valence electrons. The summed E-state index contributed by atoms with van der Waals surface area (Å²) in [5, 5.41) is 11.2. The fraction of sp³-hybridized carbons (Fsp3) is 0.280. The molecular weight excluding hydrogens is 396 g/mol. The number of hydrogen-bond acceptors (Lipinski definition) is 4. The minimum Gasteiger partial charge on any atom is -0.491 e. The Morgan fingerprint density at radius 2 is 1.53 bits per heavy atom. The Kier molecular flexibility index (Phi) is 6.90. The molecule has 0 aromatic heterocycles. The van der Waals surface area contributed by atoms with Crippen LogP contribution in [0.15, 0.2) is 78.9 Å². The first-order chi connectivity index (χ1) is 14.7. The van der Waals surface area contributed by atoms with Crippen molar-refractivity contribution < 1.29 is 9.84 Å². The number of hydrogen-bond donors (Lipinski definition) is 1. The number of ether oxygens (including phenoxy) is 1. The fourth-order valence-corrected chi connectivity index (χ4v) is 3.96. The number of anilines is 1. The van der Waals surface area contributed by atoms with E-state index in [-0.39, 0.29) is 0 Å². The first-order valence-electron chi connectivity index (χ1n) is 10.4. The van der Waals surface area contributed by atoms with Crippen LogP contribution in [-0.4, -0.2) is 55.4 Å². The summed E-state index contributed by atoms with van der Waals surface area (Å²) in [6, 6.07) is 26.2. The third-order valence-corrected chi connectivity index (χ3v) is 5.65. The molecule has 5 heteroatoms. The standard InChI is InChI=1S/C25H27ClN2O2/c26-22-7-4-8-23(17-22)28-15-13-27(14-16-28)18-24(29)19-30-25-11-9-21(10-12-25)20-5-2-1-3-6-20/h1-12,17,24,29H,13-16,18-19H2/t24-/m0/s1. The van der Waals surface area contributed by atoms with E-state index >= 15 is 0 Å². The Bertz CT molecular complexity index is 925. The maximum absolute atomic E-state index is 10.4. The Hall–Kier alpha value is -2.53.